The lowest BCUT2D eigenvalue weighted by atomic mass is 9.99. The lowest BCUT2D eigenvalue weighted by Gasteiger charge is -2.40. The Hall–Kier alpha value is -1.07. The molecule has 1 rings (SSSR count). The van der Waals surface area contributed by atoms with Gasteiger partial charge in [0.25, 0.3) is 0 Å². The number of nitrogens with one attached hydrogen (secondary N) is 1. The Morgan fingerprint density at radius 3 is 1.89 bits per heavy atom. The predicted octanol–water partition coefficient (Wildman–Crippen LogP) is 5.83. The van der Waals surface area contributed by atoms with E-state index in [1.165, 1.54) is 64.2 Å². The smallest absolute Gasteiger partial charge is 0.220 e. The van der Waals surface area contributed by atoms with E-state index >= 15 is 0 Å². The third-order valence-corrected chi connectivity index (χ3v) is 8.85. The average Bonchev–Trinajstić information content (AvgIpc) is 3.04. The zero-order valence-corrected chi connectivity index (χ0v) is 28.6. The molecule has 1 heterocycles. The molecule has 266 valence electrons. The standard InChI is InChI=1S/C36H69NO8/c1-3-5-7-9-11-13-15-16-17-19-21-23-25-30(39)29(28-44-36-35(43)34(42)33(41)31(27-38)45-36)37-32(40)26-24-22-20-18-14-12-10-8-6-4-2/h8,10,29-31,33-36,38-39,41-43H,3-7,9,11-28H2,1-2H3,(H,37,40)/b10-8-. The summed E-state index contributed by atoms with van der Waals surface area (Å²) in [7, 11) is 0. The number of carbonyl (C=O) groups is 1. The van der Waals surface area contributed by atoms with Crippen molar-refractivity contribution >= 4 is 5.91 Å². The second-order valence-corrected chi connectivity index (χ2v) is 13.0. The molecule has 7 atom stereocenters. The number of aliphatic hydroxyl groups is 5. The normalized spacial score (nSPS) is 23.4. The molecule has 1 aliphatic rings. The van der Waals surface area contributed by atoms with E-state index in [1.54, 1.807) is 0 Å². The molecule has 45 heavy (non-hydrogen) atoms. The lowest BCUT2D eigenvalue weighted by Crippen LogP contribution is -2.60. The van der Waals surface area contributed by atoms with Gasteiger partial charge in [-0.1, -0.05) is 129 Å². The molecule has 0 radical (unpaired) electrons. The average molecular weight is 644 g/mol. The first kappa shape index (κ1) is 42.0. The van der Waals surface area contributed by atoms with Crippen LogP contribution >= 0.6 is 0 Å². The summed E-state index contributed by atoms with van der Waals surface area (Å²) in [5.41, 5.74) is 0. The van der Waals surface area contributed by atoms with Gasteiger partial charge < -0.3 is 40.3 Å². The quantitative estimate of drug-likeness (QED) is 0.0441. The van der Waals surface area contributed by atoms with E-state index in [4.69, 9.17) is 9.47 Å². The van der Waals surface area contributed by atoms with E-state index in [9.17, 15) is 30.3 Å². The number of rotatable bonds is 29. The van der Waals surface area contributed by atoms with Gasteiger partial charge in [0.1, 0.15) is 24.4 Å². The van der Waals surface area contributed by atoms with Gasteiger partial charge in [-0.15, -0.1) is 0 Å². The van der Waals surface area contributed by atoms with Crippen LogP contribution in [-0.2, 0) is 14.3 Å². The Kier molecular flexibility index (Phi) is 26.1. The van der Waals surface area contributed by atoms with Gasteiger partial charge in [0.15, 0.2) is 6.29 Å². The maximum Gasteiger partial charge on any atom is 0.220 e. The summed E-state index contributed by atoms with van der Waals surface area (Å²) < 4.78 is 11.2. The molecule has 0 aromatic rings. The molecule has 0 spiro atoms. The van der Waals surface area contributed by atoms with Crippen LogP contribution in [0.2, 0.25) is 0 Å². The minimum atomic E-state index is -1.55. The molecule has 0 bridgehead atoms. The maximum atomic E-state index is 12.8. The Labute approximate surface area is 274 Å². The summed E-state index contributed by atoms with van der Waals surface area (Å²) in [5.74, 6) is -0.159. The zero-order chi connectivity index (χ0) is 33.1. The van der Waals surface area contributed by atoms with E-state index in [1.807, 2.05) is 0 Å². The highest BCUT2D eigenvalue weighted by atomic mass is 16.7. The summed E-state index contributed by atoms with van der Waals surface area (Å²) in [6, 6.07) is -0.715. The van der Waals surface area contributed by atoms with Crippen molar-refractivity contribution in [3.63, 3.8) is 0 Å². The van der Waals surface area contributed by atoms with Crippen LogP contribution in [0.4, 0.5) is 0 Å². The van der Waals surface area contributed by atoms with Crippen LogP contribution in [0.5, 0.6) is 0 Å². The fourth-order valence-corrected chi connectivity index (χ4v) is 5.81. The van der Waals surface area contributed by atoms with Crippen LogP contribution < -0.4 is 5.32 Å². The number of unbranched alkanes of at least 4 members (excludes halogenated alkanes) is 17. The van der Waals surface area contributed by atoms with Crippen molar-refractivity contribution in [2.45, 2.75) is 198 Å². The first-order valence-corrected chi connectivity index (χ1v) is 18.4. The molecule has 1 saturated heterocycles. The molecule has 7 unspecified atom stereocenters. The number of ether oxygens (including phenoxy) is 2. The van der Waals surface area contributed by atoms with Gasteiger partial charge in [0.2, 0.25) is 5.91 Å². The second-order valence-electron chi connectivity index (χ2n) is 13.0. The molecule has 0 aliphatic carbocycles. The molecule has 0 aromatic heterocycles. The predicted molar refractivity (Wildman–Crippen MR) is 180 cm³/mol. The van der Waals surface area contributed by atoms with Gasteiger partial charge in [-0.05, 0) is 32.1 Å². The second kappa shape index (κ2) is 28.0. The summed E-state index contributed by atoms with van der Waals surface area (Å²) in [5, 5.41) is 53.9. The van der Waals surface area contributed by atoms with Gasteiger partial charge in [-0.25, -0.2) is 0 Å². The number of carbonyl (C=O) groups excluding carboxylic acids is 1. The van der Waals surface area contributed by atoms with Gasteiger partial charge >= 0.3 is 0 Å². The van der Waals surface area contributed by atoms with E-state index in [-0.39, 0.29) is 12.5 Å². The van der Waals surface area contributed by atoms with E-state index in [2.05, 4.69) is 31.3 Å². The van der Waals surface area contributed by atoms with Crippen LogP contribution in [0, 0.1) is 0 Å². The van der Waals surface area contributed by atoms with Crippen molar-refractivity contribution in [2.24, 2.45) is 0 Å². The first-order chi connectivity index (χ1) is 21.8. The topological polar surface area (TPSA) is 149 Å². The minimum absolute atomic E-state index is 0.139. The van der Waals surface area contributed by atoms with Crippen LogP contribution in [0.1, 0.15) is 155 Å². The summed E-state index contributed by atoms with van der Waals surface area (Å²) >= 11 is 0. The summed E-state index contributed by atoms with van der Waals surface area (Å²) in [6.45, 7) is 3.73. The molecule has 1 aliphatic heterocycles. The number of amides is 1. The molecule has 9 nitrogen and oxygen atoms in total. The first-order valence-electron chi connectivity index (χ1n) is 18.4. The number of hydrogen-bond acceptors (Lipinski definition) is 8. The van der Waals surface area contributed by atoms with Crippen LogP contribution in [0.25, 0.3) is 0 Å². The van der Waals surface area contributed by atoms with Crippen molar-refractivity contribution < 1.29 is 39.8 Å². The molecule has 0 saturated carbocycles. The van der Waals surface area contributed by atoms with Crippen LogP contribution in [0.3, 0.4) is 0 Å². The van der Waals surface area contributed by atoms with Crippen molar-refractivity contribution in [2.75, 3.05) is 13.2 Å². The van der Waals surface area contributed by atoms with E-state index < -0.39 is 49.5 Å². The molecule has 9 heteroatoms. The van der Waals surface area contributed by atoms with Gasteiger partial charge in [-0.3, -0.25) is 4.79 Å². The Morgan fingerprint density at radius 2 is 1.29 bits per heavy atom. The highest BCUT2D eigenvalue weighted by Crippen LogP contribution is 2.23. The van der Waals surface area contributed by atoms with Crippen molar-refractivity contribution in [3.8, 4) is 0 Å². The maximum absolute atomic E-state index is 12.8. The Balaban J connectivity index is 2.46. The van der Waals surface area contributed by atoms with E-state index in [0.29, 0.717) is 12.8 Å². The van der Waals surface area contributed by atoms with Gasteiger partial charge in [0, 0.05) is 6.42 Å². The lowest BCUT2D eigenvalue weighted by molar-refractivity contribution is -0.302. The molecule has 0 aromatic carbocycles. The highest BCUT2D eigenvalue weighted by molar-refractivity contribution is 5.76. The fraction of sp³-hybridized carbons (Fsp3) is 0.917. The third-order valence-electron chi connectivity index (χ3n) is 8.85. The van der Waals surface area contributed by atoms with Crippen LogP contribution in [-0.4, -0.2) is 87.5 Å². The van der Waals surface area contributed by atoms with Crippen molar-refractivity contribution in [1.82, 2.24) is 5.32 Å². The Bertz CT molecular complexity index is 721. The number of hydrogen-bond donors (Lipinski definition) is 6. The van der Waals surface area contributed by atoms with Gasteiger partial charge in [-0.2, -0.15) is 0 Å². The molecule has 6 N–H and O–H groups in total. The number of aliphatic hydroxyl groups excluding tert-OH is 5. The third kappa shape index (κ3) is 20.0. The highest BCUT2D eigenvalue weighted by Gasteiger charge is 2.44. The minimum Gasteiger partial charge on any atom is -0.394 e. The number of allylic oxidation sites excluding steroid dienone is 2. The SMILES string of the molecule is CCC/C=C\CCCCCCCC(=O)NC(COC1OC(CO)C(O)C(O)C1O)C(O)CCCCCCCCCCCCCC. The van der Waals surface area contributed by atoms with Crippen molar-refractivity contribution in [3.05, 3.63) is 12.2 Å². The molecule has 1 amide bonds. The zero-order valence-electron chi connectivity index (χ0n) is 28.6. The summed E-state index contributed by atoms with van der Waals surface area (Å²) in [6.07, 6.45) is 20.8. The summed E-state index contributed by atoms with van der Waals surface area (Å²) in [4.78, 5) is 12.8. The fourth-order valence-electron chi connectivity index (χ4n) is 5.81. The van der Waals surface area contributed by atoms with E-state index in [0.717, 1.165) is 64.2 Å². The van der Waals surface area contributed by atoms with Gasteiger partial charge in [0.05, 0.1) is 25.4 Å². The van der Waals surface area contributed by atoms with Crippen molar-refractivity contribution in [1.29, 1.82) is 0 Å². The Morgan fingerprint density at radius 1 is 0.733 bits per heavy atom. The molecular formula is C36H69NO8. The monoisotopic (exact) mass is 644 g/mol. The molecule has 1 fully saturated rings. The van der Waals surface area contributed by atoms with Crippen LogP contribution in [0.15, 0.2) is 12.2 Å². The molecular weight excluding hydrogens is 574 g/mol. The largest absolute Gasteiger partial charge is 0.394 e.